The fourth-order valence-corrected chi connectivity index (χ4v) is 5.70. The number of hydrogen-bond acceptors (Lipinski definition) is 8. The number of aliphatic hydroxyl groups is 1. The molecule has 4 rings (SSSR count). The summed E-state index contributed by atoms with van der Waals surface area (Å²) in [6.07, 6.45) is -1.71. The second kappa shape index (κ2) is 10.8. The van der Waals surface area contributed by atoms with Crippen LogP contribution >= 0.6 is 46.5 Å². The topological polar surface area (TPSA) is 159 Å². The largest absolute Gasteiger partial charge is 0.480 e. The molecule has 192 valence electrons. The van der Waals surface area contributed by atoms with Crippen LogP contribution < -0.4 is 10.0 Å². The van der Waals surface area contributed by atoms with Gasteiger partial charge in [-0.25, -0.2) is 13.2 Å². The highest BCUT2D eigenvalue weighted by atomic mass is 35.5. The summed E-state index contributed by atoms with van der Waals surface area (Å²) in [4.78, 5) is 24.8. The maximum absolute atomic E-state index is 13.2. The van der Waals surface area contributed by atoms with E-state index in [1.54, 1.807) is 6.07 Å². The molecule has 0 radical (unpaired) electrons. The number of sulfonamides is 1. The number of fused-ring (bicyclic) bond motifs is 1. The first-order chi connectivity index (χ1) is 17.5. The lowest BCUT2D eigenvalue weighted by Gasteiger charge is -2.22. The minimum absolute atomic E-state index is 0.0772. The molecule has 0 aliphatic rings. The van der Waals surface area contributed by atoms with E-state index in [1.807, 2.05) is 0 Å². The van der Waals surface area contributed by atoms with E-state index < -0.39 is 34.0 Å². The van der Waals surface area contributed by atoms with Gasteiger partial charge in [0.15, 0.2) is 6.04 Å². The number of carboxylic acid groups (broad SMARTS) is 1. The Balaban J connectivity index is 1.65. The van der Waals surface area contributed by atoms with Gasteiger partial charge in [-0.1, -0.05) is 46.9 Å². The molecule has 1 heterocycles. The summed E-state index contributed by atoms with van der Waals surface area (Å²) in [5.74, 6) is -2.54. The Kier molecular flexibility index (Phi) is 7.88. The lowest BCUT2D eigenvalue weighted by atomic mass is 10.0. The van der Waals surface area contributed by atoms with Crippen LogP contribution in [-0.4, -0.2) is 45.3 Å². The molecule has 2 atom stereocenters. The van der Waals surface area contributed by atoms with Crippen molar-refractivity contribution in [3.8, 4) is 0 Å². The molecule has 0 fully saturated rings. The van der Waals surface area contributed by atoms with Gasteiger partial charge in [0, 0.05) is 5.02 Å². The van der Waals surface area contributed by atoms with Crippen LogP contribution in [0.4, 0.5) is 5.69 Å². The Labute approximate surface area is 229 Å². The molecule has 1 amide bonds. The quantitative estimate of drug-likeness (QED) is 0.232. The summed E-state index contributed by atoms with van der Waals surface area (Å²) in [5.41, 5.74) is 0.132. The van der Waals surface area contributed by atoms with Gasteiger partial charge in [-0.2, -0.15) is 8.75 Å². The van der Waals surface area contributed by atoms with Crippen molar-refractivity contribution in [1.82, 2.24) is 14.1 Å². The summed E-state index contributed by atoms with van der Waals surface area (Å²) in [5, 5.41) is 22.9. The zero-order chi connectivity index (χ0) is 26.9. The van der Waals surface area contributed by atoms with Crippen LogP contribution in [0.3, 0.4) is 0 Å². The SMILES string of the molecule is O=C(NC(C(=O)O)C(O)c1ccc(Cl)c(Cl)c1)c1ccc(Cl)cc1NS(=O)(=O)c1cccc2nsnc12. The lowest BCUT2D eigenvalue weighted by molar-refractivity contribution is -0.142. The van der Waals surface area contributed by atoms with E-state index in [2.05, 4.69) is 18.8 Å². The van der Waals surface area contributed by atoms with Gasteiger partial charge in [0.1, 0.15) is 22.0 Å². The molecule has 37 heavy (non-hydrogen) atoms. The molecule has 4 aromatic rings. The zero-order valence-corrected chi connectivity index (χ0v) is 22.1. The highest BCUT2D eigenvalue weighted by molar-refractivity contribution is 7.93. The number of benzene rings is 3. The lowest BCUT2D eigenvalue weighted by Crippen LogP contribution is -2.45. The number of amides is 1. The third kappa shape index (κ3) is 5.79. The van der Waals surface area contributed by atoms with Crippen molar-refractivity contribution in [2.24, 2.45) is 0 Å². The van der Waals surface area contributed by atoms with Crippen molar-refractivity contribution >= 4 is 85.2 Å². The molecule has 1 aromatic heterocycles. The van der Waals surface area contributed by atoms with Crippen molar-refractivity contribution in [2.45, 2.75) is 17.0 Å². The van der Waals surface area contributed by atoms with Crippen molar-refractivity contribution in [3.63, 3.8) is 0 Å². The number of nitrogens with one attached hydrogen (secondary N) is 2. The summed E-state index contributed by atoms with van der Waals surface area (Å²) in [6.45, 7) is 0. The maximum Gasteiger partial charge on any atom is 0.329 e. The molecule has 0 spiro atoms. The molecule has 0 saturated heterocycles. The second-order valence-corrected chi connectivity index (χ2v) is 11.0. The number of aliphatic hydroxyl groups excluding tert-OH is 1. The number of carboxylic acids is 1. The Hall–Kier alpha value is -3.00. The van der Waals surface area contributed by atoms with E-state index in [9.17, 15) is 28.2 Å². The predicted octanol–water partition coefficient (Wildman–Crippen LogP) is 4.37. The highest BCUT2D eigenvalue weighted by Gasteiger charge is 2.31. The molecule has 0 bridgehead atoms. The van der Waals surface area contributed by atoms with Crippen molar-refractivity contribution < 1.29 is 28.2 Å². The molecule has 4 N–H and O–H groups in total. The first kappa shape index (κ1) is 27.0. The van der Waals surface area contributed by atoms with E-state index in [0.717, 1.165) is 11.7 Å². The van der Waals surface area contributed by atoms with E-state index in [4.69, 9.17) is 34.8 Å². The number of anilines is 1. The van der Waals surface area contributed by atoms with Gasteiger partial charge in [0.2, 0.25) is 0 Å². The molecule has 3 aromatic carbocycles. The van der Waals surface area contributed by atoms with Crippen LogP contribution in [0.5, 0.6) is 0 Å². The highest BCUT2D eigenvalue weighted by Crippen LogP contribution is 2.29. The van der Waals surface area contributed by atoms with Crippen LogP contribution in [0.25, 0.3) is 11.0 Å². The number of halogens is 3. The third-order valence-corrected chi connectivity index (χ3v) is 8.08. The first-order valence-electron chi connectivity index (χ1n) is 10.2. The number of nitrogens with zero attached hydrogens (tertiary/aromatic N) is 2. The number of carbonyl (C=O) groups excluding carboxylic acids is 1. The molecule has 0 saturated carbocycles. The van der Waals surface area contributed by atoms with Gasteiger partial charge in [-0.05, 0) is 48.0 Å². The predicted molar refractivity (Wildman–Crippen MR) is 140 cm³/mol. The standard InChI is InChI=1S/C22H15Cl3N4O6S2/c23-11-5-6-12(16(9-11)29-37(34,35)17-3-1-2-15-18(17)28-36-27-15)21(31)26-19(22(32)33)20(30)10-4-7-13(24)14(25)8-10/h1-9,19-20,29-30H,(H,26,31)(H,32,33). The van der Waals surface area contributed by atoms with Crippen LogP contribution in [0.15, 0.2) is 59.5 Å². The van der Waals surface area contributed by atoms with Gasteiger partial charge in [0.25, 0.3) is 15.9 Å². The summed E-state index contributed by atoms with van der Waals surface area (Å²) >= 11 is 18.7. The van der Waals surface area contributed by atoms with Crippen molar-refractivity contribution in [3.05, 3.63) is 80.8 Å². The molecular formula is C22H15Cl3N4O6S2. The minimum Gasteiger partial charge on any atom is -0.480 e. The molecule has 0 aliphatic heterocycles. The fourth-order valence-electron chi connectivity index (χ4n) is 3.38. The van der Waals surface area contributed by atoms with E-state index in [-0.39, 0.29) is 42.3 Å². The second-order valence-electron chi connectivity index (χ2n) is 7.59. The Bertz CT molecular complexity index is 1630. The molecule has 10 nitrogen and oxygen atoms in total. The van der Waals surface area contributed by atoms with Crippen LogP contribution in [0.2, 0.25) is 15.1 Å². The van der Waals surface area contributed by atoms with E-state index >= 15 is 0 Å². The average Bonchev–Trinajstić information content (AvgIpc) is 3.32. The monoisotopic (exact) mass is 600 g/mol. The molecular weight excluding hydrogens is 587 g/mol. The van der Waals surface area contributed by atoms with E-state index in [1.165, 1.54) is 48.5 Å². The van der Waals surface area contributed by atoms with Gasteiger partial charge in [0.05, 0.1) is 33.0 Å². The van der Waals surface area contributed by atoms with E-state index in [0.29, 0.717) is 5.52 Å². The van der Waals surface area contributed by atoms with Crippen molar-refractivity contribution in [2.75, 3.05) is 4.72 Å². The van der Waals surface area contributed by atoms with Crippen LogP contribution in [0.1, 0.15) is 22.0 Å². The third-order valence-electron chi connectivity index (χ3n) is 5.16. The smallest absolute Gasteiger partial charge is 0.329 e. The van der Waals surface area contributed by atoms with Gasteiger partial charge in [-0.3, -0.25) is 9.52 Å². The summed E-state index contributed by atoms with van der Waals surface area (Å²) < 4.78 is 36.7. The minimum atomic E-state index is -4.27. The Morgan fingerprint density at radius 1 is 0.973 bits per heavy atom. The normalized spacial score (nSPS) is 13.2. The number of rotatable bonds is 8. The Morgan fingerprint density at radius 3 is 2.43 bits per heavy atom. The van der Waals surface area contributed by atoms with Gasteiger partial charge in [-0.15, -0.1) is 0 Å². The molecule has 15 heteroatoms. The average molecular weight is 602 g/mol. The first-order valence-corrected chi connectivity index (χ1v) is 13.5. The maximum atomic E-state index is 13.2. The number of hydrogen-bond donors (Lipinski definition) is 4. The number of carbonyl (C=O) groups is 2. The van der Waals surface area contributed by atoms with Crippen LogP contribution in [0, 0.1) is 0 Å². The molecule has 0 aliphatic carbocycles. The zero-order valence-electron chi connectivity index (χ0n) is 18.2. The summed E-state index contributed by atoms with van der Waals surface area (Å²) in [6, 6.07) is 10.3. The number of aliphatic carboxylic acids is 1. The van der Waals surface area contributed by atoms with Crippen molar-refractivity contribution in [1.29, 1.82) is 0 Å². The fraction of sp³-hybridized carbons (Fsp3) is 0.0909. The number of aromatic nitrogens is 2. The van der Waals surface area contributed by atoms with Crippen LogP contribution in [-0.2, 0) is 14.8 Å². The van der Waals surface area contributed by atoms with Gasteiger partial charge >= 0.3 is 5.97 Å². The summed E-state index contributed by atoms with van der Waals surface area (Å²) in [7, 11) is -4.27. The Morgan fingerprint density at radius 2 is 1.73 bits per heavy atom. The molecule has 2 unspecified atom stereocenters. The van der Waals surface area contributed by atoms with Gasteiger partial charge < -0.3 is 15.5 Å².